The molecular weight excluding hydrogens is 302 g/mol. The molecule has 0 spiro atoms. The lowest BCUT2D eigenvalue weighted by Gasteiger charge is -2.35. The van der Waals surface area contributed by atoms with Crippen LogP contribution in [-0.2, 0) is 11.3 Å². The zero-order valence-corrected chi connectivity index (χ0v) is 14.8. The Kier molecular flexibility index (Phi) is 4.71. The monoisotopic (exact) mass is 327 g/mol. The first-order valence-corrected chi connectivity index (χ1v) is 8.47. The number of pyridine rings is 1. The first-order chi connectivity index (χ1) is 11.5. The topological polar surface area (TPSA) is 47.4 Å². The number of morpholine rings is 1. The molecule has 2 atom stereocenters. The molecule has 24 heavy (non-hydrogen) atoms. The molecule has 0 aromatic carbocycles. The van der Waals surface area contributed by atoms with Gasteiger partial charge in [-0.3, -0.25) is 9.78 Å². The first kappa shape index (κ1) is 16.7. The van der Waals surface area contributed by atoms with Gasteiger partial charge >= 0.3 is 0 Å². The van der Waals surface area contributed by atoms with Crippen molar-refractivity contribution in [3.63, 3.8) is 0 Å². The second kappa shape index (κ2) is 6.77. The Bertz CT molecular complexity index is 714. The minimum Gasteiger partial charge on any atom is -0.372 e. The van der Waals surface area contributed by atoms with Gasteiger partial charge in [-0.25, -0.2) is 0 Å². The van der Waals surface area contributed by atoms with E-state index in [-0.39, 0.29) is 18.1 Å². The second-order valence-electron chi connectivity index (χ2n) is 6.66. The third-order valence-corrected chi connectivity index (χ3v) is 4.56. The van der Waals surface area contributed by atoms with E-state index in [1.165, 1.54) is 0 Å². The van der Waals surface area contributed by atoms with E-state index in [0.717, 1.165) is 22.6 Å². The van der Waals surface area contributed by atoms with Crippen LogP contribution >= 0.6 is 0 Å². The molecule has 128 valence electrons. The minimum absolute atomic E-state index is 0.0784. The smallest absolute Gasteiger partial charge is 0.255 e. The molecule has 0 aliphatic carbocycles. The van der Waals surface area contributed by atoms with Crippen LogP contribution in [0, 0.1) is 13.8 Å². The molecule has 0 N–H and O–H groups in total. The molecule has 0 unspecified atom stereocenters. The van der Waals surface area contributed by atoms with Crippen LogP contribution in [0.15, 0.2) is 30.5 Å². The van der Waals surface area contributed by atoms with Crippen molar-refractivity contribution >= 4 is 5.91 Å². The number of hydrogen-bond donors (Lipinski definition) is 0. The third-order valence-electron chi connectivity index (χ3n) is 4.56. The Morgan fingerprint density at radius 1 is 1.25 bits per heavy atom. The molecule has 0 radical (unpaired) electrons. The molecule has 5 heteroatoms. The Labute approximate surface area is 143 Å². The van der Waals surface area contributed by atoms with Gasteiger partial charge in [-0.2, -0.15) is 0 Å². The average Bonchev–Trinajstić information content (AvgIpc) is 2.82. The van der Waals surface area contributed by atoms with Gasteiger partial charge in [0.05, 0.1) is 30.0 Å². The first-order valence-electron chi connectivity index (χ1n) is 8.47. The molecule has 0 saturated carbocycles. The Morgan fingerprint density at radius 2 is 1.96 bits per heavy atom. The molecule has 5 nitrogen and oxygen atoms in total. The lowest BCUT2D eigenvalue weighted by molar-refractivity contribution is -0.0586. The number of carbonyl (C=O) groups is 1. The predicted octanol–water partition coefficient (Wildman–Crippen LogP) is 2.80. The second-order valence-corrected chi connectivity index (χ2v) is 6.66. The third kappa shape index (κ3) is 3.36. The van der Waals surface area contributed by atoms with Gasteiger partial charge in [0.2, 0.25) is 0 Å². The number of amides is 1. The van der Waals surface area contributed by atoms with E-state index in [2.05, 4.69) is 9.55 Å². The van der Waals surface area contributed by atoms with Gasteiger partial charge in [-0.05, 0) is 45.9 Å². The SMILES string of the molecule is Cc1cc(C(=O)N2C[C@@H](C)O[C@H](C)C2)c(C)n1Cc1ccccn1. The summed E-state index contributed by atoms with van der Waals surface area (Å²) in [5.41, 5.74) is 3.85. The maximum Gasteiger partial charge on any atom is 0.255 e. The summed E-state index contributed by atoms with van der Waals surface area (Å²) in [5.74, 6) is 0.0948. The summed E-state index contributed by atoms with van der Waals surface area (Å²) in [6.07, 6.45) is 1.95. The van der Waals surface area contributed by atoms with Crippen molar-refractivity contribution in [1.82, 2.24) is 14.5 Å². The summed E-state index contributed by atoms with van der Waals surface area (Å²) < 4.78 is 7.89. The zero-order valence-electron chi connectivity index (χ0n) is 14.8. The predicted molar refractivity (Wildman–Crippen MR) is 93.2 cm³/mol. The van der Waals surface area contributed by atoms with Gasteiger partial charge in [0.1, 0.15) is 0 Å². The minimum atomic E-state index is 0.0784. The maximum absolute atomic E-state index is 13.0. The largest absolute Gasteiger partial charge is 0.372 e. The molecule has 2 aromatic rings. The van der Waals surface area contributed by atoms with E-state index >= 15 is 0 Å². The normalized spacial score (nSPS) is 21.1. The van der Waals surface area contributed by atoms with Crippen LogP contribution in [0.25, 0.3) is 0 Å². The summed E-state index contributed by atoms with van der Waals surface area (Å²) >= 11 is 0. The molecule has 1 saturated heterocycles. The highest BCUT2D eigenvalue weighted by Gasteiger charge is 2.28. The summed E-state index contributed by atoms with van der Waals surface area (Å²) in [6, 6.07) is 7.89. The Morgan fingerprint density at radius 3 is 2.58 bits per heavy atom. The van der Waals surface area contributed by atoms with Crippen LogP contribution in [0.5, 0.6) is 0 Å². The number of rotatable bonds is 3. The lowest BCUT2D eigenvalue weighted by Crippen LogP contribution is -2.48. The lowest BCUT2D eigenvalue weighted by atomic mass is 10.1. The van der Waals surface area contributed by atoms with Crippen molar-refractivity contribution in [2.24, 2.45) is 0 Å². The summed E-state index contributed by atoms with van der Waals surface area (Å²) in [5, 5.41) is 0. The highest BCUT2D eigenvalue weighted by molar-refractivity contribution is 5.95. The number of nitrogens with zero attached hydrogens (tertiary/aromatic N) is 3. The van der Waals surface area contributed by atoms with Crippen LogP contribution in [0.2, 0.25) is 0 Å². The zero-order chi connectivity index (χ0) is 17.3. The molecular formula is C19H25N3O2. The fourth-order valence-electron chi connectivity index (χ4n) is 3.43. The molecule has 3 heterocycles. The van der Waals surface area contributed by atoms with Gasteiger partial charge in [-0.1, -0.05) is 6.07 Å². The maximum atomic E-state index is 13.0. The summed E-state index contributed by atoms with van der Waals surface area (Å²) in [6.45, 7) is 10.1. The fourth-order valence-corrected chi connectivity index (χ4v) is 3.43. The number of ether oxygens (including phenoxy) is 1. The van der Waals surface area contributed by atoms with Gasteiger partial charge in [0.25, 0.3) is 5.91 Å². The number of carbonyl (C=O) groups excluding carboxylic acids is 1. The standard InChI is InChI=1S/C19H25N3O2/c1-13-9-18(19(23)21-10-14(2)24-15(3)11-21)16(4)22(13)12-17-7-5-6-8-20-17/h5-9,14-15H,10-12H2,1-4H3/t14-,15-/m1/s1. The van der Waals surface area contributed by atoms with Gasteiger partial charge < -0.3 is 14.2 Å². The van der Waals surface area contributed by atoms with Crippen LogP contribution in [-0.4, -0.2) is 45.7 Å². The van der Waals surface area contributed by atoms with Crippen LogP contribution in [0.3, 0.4) is 0 Å². The Balaban J connectivity index is 1.84. The number of aromatic nitrogens is 2. The van der Waals surface area contributed by atoms with Gasteiger partial charge in [0.15, 0.2) is 0 Å². The van der Waals surface area contributed by atoms with Gasteiger partial charge in [0, 0.05) is 30.7 Å². The van der Waals surface area contributed by atoms with Crippen molar-refractivity contribution in [3.8, 4) is 0 Å². The quantitative estimate of drug-likeness (QED) is 0.871. The number of hydrogen-bond acceptors (Lipinski definition) is 3. The fraction of sp³-hybridized carbons (Fsp3) is 0.474. The molecule has 1 aliphatic rings. The highest BCUT2D eigenvalue weighted by atomic mass is 16.5. The molecule has 1 amide bonds. The van der Waals surface area contributed by atoms with Gasteiger partial charge in [-0.15, -0.1) is 0 Å². The van der Waals surface area contributed by atoms with Crippen LogP contribution < -0.4 is 0 Å². The van der Waals surface area contributed by atoms with E-state index in [4.69, 9.17) is 4.74 Å². The van der Waals surface area contributed by atoms with E-state index < -0.39 is 0 Å². The molecule has 1 aliphatic heterocycles. The van der Waals surface area contributed by atoms with E-state index in [1.54, 1.807) is 6.20 Å². The Hall–Kier alpha value is -2.14. The average molecular weight is 327 g/mol. The highest BCUT2D eigenvalue weighted by Crippen LogP contribution is 2.21. The van der Waals surface area contributed by atoms with Crippen molar-refractivity contribution < 1.29 is 9.53 Å². The van der Waals surface area contributed by atoms with Crippen LogP contribution in [0.4, 0.5) is 0 Å². The molecule has 1 fully saturated rings. The molecule has 3 rings (SSSR count). The van der Waals surface area contributed by atoms with Crippen molar-refractivity contribution in [3.05, 3.63) is 53.1 Å². The van der Waals surface area contributed by atoms with Crippen LogP contribution in [0.1, 0.15) is 41.3 Å². The van der Waals surface area contributed by atoms with E-state index in [9.17, 15) is 4.79 Å². The van der Waals surface area contributed by atoms with Crippen molar-refractivity contribution in [2.75, 3.05) is 13.1 Å². The number of aryl methyl sites for hydroxylation is 1. The van der Waals surface area contributed by atoms with E-state index in [0.29, 0.717) is 19.6 Å². The summed E-state index contributed by atoms with van der Waals surface area (Å²) in [7, 11) is 0. The summed E-state index contributed by atoms with van der Waals surface area (Å²) in [4.78, 5) is 19.3. The molecule has 0 bridgehead atoms. The van der Waals surface area contributed by atoms with Crippen molar-refractivity contribution in [2.45, 2.75) is 46.4 Å². The van der Waals surface area contributed by atoms with E-state index in [1.807, 2.05) is 56.9 Å². The van der Waals surface area contributed by atoms with Crippen molar-refractivity contribution in [1.29, 1.82) is 0 Å². The molecule has 2 aromatic heterocycles.